The molecule has 0 fully saturated rings. The van der Waals surface area contributed by atoms with Crippen molar-refractivity contribution in [2.24, 2.45) is 0 Å². The van der Waals surface area contributed by atoms with Crippen molar-refractivity contribution < 1.29 is 13.9 Å². The summed E-state index contributed by atoms with van der Waals surface area (Å²) >= 11 is 0. The first kappa shape index (κ1) is 16.3. The van der Waals surface area contributed by atoms with Crippen LogP contribution < -0.4 is 15.8 Å². The Labute approximate surface area is 132 Å². The molecule has 2 N–H and O–H groups in total. The lowest BCUT2D eigenvalue weighted by Crippen LogP contribution is -2.05. The van der Waals surface area contributed by atoms with Crippen LogP contribution in [0.5, 0.6) is 11.5 Å². The predicted octanol–water partition coefficient (Wildman–Crippen LogP) is 3.29. The molecule has 23 heavy (non-hydrogen) atoms. The molecule has 3 rings (SSSR count). The van der Waals surface area contributed by atoms with Gasteiger partial charge in [-0.05, 0) is 12.1 Å². The standard InChI is InChI=1S/C14H11N3O4.C2H6/c1-8(18)16-9-3-2-4-10(7-9)20-11-5-6-15-13-12(11)21-14(19)17-13;1-2/h2-7H,1H3,(H,16,18)(H,15,17,19);1-2H3. The van der Waals surface area contributed by atoms with Crippen LogP contribution in [0.25, 0.3) is 11.2 Å². The minimum Gasteiger partial charge on any atom is -0.453 e. The van der Waals surface area contributed by atoms with E-state index in [2.05, 4.69) is 15.3 Å². The molecular weight excluding hydrogens is 298 g/mol. The average molecular weight is 315 g/mol. The minimum absolute atomic E-state index is 0.171. The number of hydrogen-bond donors (Lipinski definition) is 2. The van der Waals surface area contributed by atoms with Crippen molar-refractivity contribution in [1.82, 2.24) is 9.97 Å². The van der Waals surface area contributed by atoms with Gasteiger partial charge in [-0.15, -0.1) is 0 Å². The van der Waals surface area contributed by atoms with Crippen LogP contribution in [0.15, 0.2) is 45.7 Å². The number of amides is 1. The van der Waals surface area contributed by atoms with Crippen molar-refractivity contribution in [3.8, 4) is 11.5 Å². The first-order valence-electron chi connectivity index (χ1n) is 7.15. The Hall–Kier alpha value is -3.09. The second-order valence-corrected chi connectivity index (χ2v) is 4.31. The van der Waals surface area contributed by atoms with Gasteiger partial charge in [-0.3, -0.25) is 9.78 Å². The van der Waals surface area contributed by atoms with E-state index in [0.29, 0.717) is 22.8 Å². The summed E-state index contributed by atoms with van der Waals surface area (Å²) in [5.41, 5.74) is 1.17. The number of benzene rings is 1. The van der Waals surface area contributed by atoms with Crippen molar-refractivity contribution in [2.75, 3.05) is 5.32 Å². The van der Waals surface area contributed by atoms with E-state index in [1.165, 1.54) is 13.1 Å². The number of nitrogens with one attached hydrogen (secondary N) is 2. The molecule has 3 aromatic rings. The van der Waals surface area contributed by atoms with Crippen LogP contribution in [0, 0.1) is 0 Å². The molecule has 0 bridgehead atoms. The van der Waals surface area contributed by atoms with Gasteiger partial charge in [-0.2, -0.15) is 0 Å². The zero-order valence-electron chi connectivity index (χ0n) is 13.0. The van der Waals surface area contributed by atoms with Crippen LogP contribution in [0.1, 0.15) is 20.8 Å². The van der Waals surface area contributed by atoms with Crippen molar-refractivity contribution in [3.63, 3.8) is 0 Å². The fourth-order valence-electron chi connectivity index (χ4n) is 1.88. The lowest BCUT2D eigenvalue weighted by molar-refractivity contribution is -0.114. The molecule has 2 heterocycles. The van der Waals surface area contributed by atoms with Gasteiger partial charge in [-0.1, -0.05) is 19.9 Å². The zero-order chi connectivity index (χ0) is 16.8. The second-order valence-electron chi connectivity index (χ2n) is 4.31. The Morgan fingerprint density at radius 2 is 2.09 bits per heavy atom. The van der Waals surface area contributed by atoms with E-state index in [1.54, 1.807) is 30.3 Å². The van der Waals surface area contributed by atoms with Crippen LogP contribution in [-0.4, -0.2) is 15.9 Å². The summed E-state index contributed by atoms with van der Waals surface area (Å²) in [6.07, 6.45) is 1.50. The maximum atomic E-state index is 11.2. The van der Waals surface area contributed by atoms with E-state index in [0.717, 1.165) is 0 Å². The topological polar surface area (TPSA) is 97.2 Å². The minimum atomic E-state index is -0.597. The van der Waals surface area contributed by atoms with Crippen molar-refractivity contribution >= 4 is 22.8 Å². The number of carbonyl (C=O) groups excluding carboxylic acids is 1. The largest absolute Gasteiger partial charge is 0.453 e. The number of pyridine rings is 1. The monoisotopic (exact) mass is 315 g/mol. The Morgan fingerprint density at radius 1 is 1.30 bits per heavy atom. The van der Waals surface area contributed by atoms with E-state index in [1.807, 2.05) is 13.8 Å². The number of nitrogens with zero attached hydrogens (tertiary/aromatic N) is 1. The summed E-state index contributed by atoms with van der Waals surface area (Å²) in [7, 11) is 0. The number of hydrogen-bond acceptors (Lipinski definition) is 5. The van der Waals surface area contributed by atoms with E-state index in [9.17, 15) is 9.59 Å². The van der Waals surface area contributed by atoms with Crippen molar-refractivity contribution in [1.29, 1.82) is 0 Å². The summed E-state index contributed by atoms with van der Waals surface area (Å²) < 4.78 is 10.7. The first-order valence-corrected chi connectivity index (χ1v) is 7.15. The third-order valence-electron chi connectivity index (χ3n) is 2.67. The number of fused-ring (bicyclic) bond motifs is 1. The SMILES string of the molecule is CC.CC(=O)Nc1cccc(Oc2ccnc3[nH]c(=O)oc23)c1. The number of H-pyrrole nitrogens is 1. The quantitative estimate of drug-likeness (QED) is 0.773. The first-order chi connectivity index (χ1) is 11.1. The maximum absolute atomic E-state index is 11.2. The number of aromatic nitrogens is 2. The van der Waals surface area contributed by atoms with Crippen molar-refractivity contribution in [2.45, 2.75) is 20.8 Å². The fraction of sp³-hybridized carbons (Fsp3) is 0.188. The van der Waals surface area contributed by atoms with Gasteiger partial charge < -0.3 is 14.5 Å². The number of anilines is 1. The Balaban J connectivity index is 0.000000924. The Morgan fingerprint density at radius 3 is 2.83 bits per heavy atom. The van der Waals surface area contributed by atoms with E-state index < -0.39 is 5.76 Å². The van der Waals surface area contributed by atoms with Gasteiger partial charge in [0.25, 0.3) is 0 Å². The molecule has 0 aliphatic rings. The molecule has 0 saturated carbocycles. The second kappa shape index (κ2) is 7.26. The maximum Gasteiger partial charge on any atom is 0.418 e. The van der Waals surface area contributed by atoms with Gasteiger partial charge in [0.05, 0.1) is 0 Å². The molecule has 0 atom stereocenters. The molecule has 7 nitrogen and oxygen atoms in total. The summed E-state index contributed by atoms with van der Waals surface area (Å²) in [5, 5.41) is 2.66. The number of carbonyl (C=O) groups is 1. The average Bonchev–Trinajstić information content (AvgIpc) is 2.90. The predicted molar refractivity (Wildman–Crippen MR) is 86.8 cm³/mol. The highest BCUT2D eigenvalue weighted by Crippen LogP contribution is 2.28. The van der Waals surface area contributed by atoms with Crippen LogP contribution in [0.3, 0.4) is 0 Å². The lowest BCUT2D eigenvalue weighted by atomic mass is 10.3. The molecule has 0 aliphatic heterocycles. The molecular formula is C16H17N3O4. The summed E-state index contributed by atoms with van der Waals surface area (Å²) in [6.45, 7) is 5.42. The number of oxazole rings is 1. The summed E-state index contributed by atoms with van der Waals surface area (Å²) in [4.78, 5) is 28.7. The molecule has 0 aliphatic carbocycles. The van der Waals surface area contributed by atoms with E-state index in [-0.39, 0.29) is 11.5 Å². The number of rotatable bonds is 3. The van der Waals surface area contributed by atoms with Gasteiger partial charge in [0.2, 0.25) is 11.5 Å². The van der Waals surface area contributed by atoms with Gasteiger partial charge in [-0.25, -0.2) is 9.78 Å². The molecule has 0 saturated heterocycles. The molecule has 0 unspecified atom stereocenters. The van der Waals surface area contributed by atoms with Gasteiger partial charge >= 0.3 is 5.76 Å². The summed E-state index contributed by atoms with van der Waals surface area (Å²) in [6, 6.07) is 8.46. The Kier molecular flexibility index (Phi) is 5.14. The van der Waals surface area contributed by atoms with Gasteiger partial charge in [0.15, 0.2) is 11.4 Å². The third-order valence-corrected chi connectivity index (χ3v) is 2.67. The molecule has 0 radical (unpaired) electrons. The smallest absolute Gasteiger partial charge is 0.418 e. The van der Waals surface area contributed by atoms with Crippen molar-refractivity contribution in [3.05, 3.63) is 47.1 Å². The highest BCUT2D eigenvalue weighted by atomic mass is 16.5. The third kappa shape index (κ3) is 3.97. The highest BCUT2D eigenvalue weighted by Gasteiger charge is 2.10. The highest BCUT2D eigenvalue weighted by molar-refractivity contribution is 5.88. The normalized spacial score (nSPS) is 9.87. The fourth-order valence-corrected chi connectivity index (χ4v) is 1.88. The van der Waals surface area contributed by atoms with Crippen LogP contribution >= 0.6 is 0 Å². The van der Waals surface area contributed by atoms with E-state index in [4.69, 9.17) is 9.15 Å². The molecule has 120 valence electrons. The molecule has 0 spiro atoms. The molecule has 1 amide bonds. The van der Waals surface area contributed by atoms with Gasteiger partial charge in [0, 0.05) is 30.9 Å². The van der Waals surface area contributed by atoms with E-state index >= 15 is 0 Å². The molecule has 7 heteroatoms. The van der Waals surface area contributed by atoms with Crippen LogP contribution in [0.4, 0.5) is 5.69 Å². The Bertz CT molecular complexity index is 867. The van der Waals surface area contributed by atoms with Crippen LogP contribution in [-0.2, 0) is 4.79 Å². The zero-order valence-corrected chi connectivity index (χ0v) is 13.0. The van der Waals surface area contributed by atoms with Gasteiger partial charge in [0.1, 0.15) is 5.75 Å². The van der Waals surface area contributed by atoms with Crippen LogP contribution in [0.2, 0.25) is 0 Å². The lowest BCUT2D eigenvalue weighted by Gasteiger charge is -2.07. The number of ether oxygens (including phenoxy) is 1. The molecule has 2 aromatic heterocycles. The molecule has 1 aromatic carbocycles. The summed E-state index contributed by atoms with van der Waals surface area (Å²) in [5.74, 6) is 0.0894. The number of aromatic amines is 1.